The molecule has 128 valence electrons. The summed E-state index contributed by atoms with van der Waals surface area (Å²) in [7, 11) is 0. The molecule has 0 radical (unpaired) electrons. The van der Waals surface area contributed by atoms with Gasteiger partial charge in [-0.15, -0.1) is 0 Å². The molecule has 0 amide bonds. The van der Waals surface area contributed by atoms with Crippen molar-refractivity contribution in [3.8, 4) is 0 Å². The lowest BCUT2D eigenvalue weighted by molar-refractivity contribution is -0.230. The first-order valence-electron chi connectivity index (χ1n) is 7.30. The third-order valence-electron chi connectivity index (χ3n) is 2.68. The summed E-state index contributed by atoms with van der Waals surface area (Å²) in [6.07, 6.45) is 0.740. The molecule has 2 unspecified atom stereocenters. The van der Waals surface area contributed by atoms with Crippen LogP contribution in [-0.2, 0) is 23.7 Å². The van der Waals surface area contributed by atoms with E-state index < -0.39 is 24.0 Å². The molecule has 2 atom stereocenters. The van der Waals surface area contributed by atoms with Gasteiger partial charge < -0.3 is 24.1 Å². The largest absolute Gasteiger partial charge is 0.508 e. The summed E-state index contributed by atoms with van der Waals surface area (Å²) >= 11 is 0. The van der Waals surface area contributed by atoms with E-state index in [-0.39, 0.29) is 26.1 Å². The Labute approximate surface area is 131 Å². The van der Waals surface area contributed by atoms with Crippen LogP contribution in [-0.4, -0.2) is 48.9 Å². The highest BCUT2D eigenvalue weighted by Gasteiger charge is 2.27. The van der Waals surface area contributed by atoms with Gasteiger partial charge in [-0.1, -0.05) is 19.6 Å². The Morgan fingerprint density at radius 2 is 1.95 bits per heavy atom. The maximum absolute atomic E-state index is 11.3. The SMILES string of the molecule is C=CCOC(=O)OCC(CC)OC(C)(O)CCC(=O)OCC. The molecule has 0 aliphatic carbocycles. The maximum Gasteiger partial charge on any atom is 0.508 e. The third kappa shape index (κ3) is 10.2. The van der Waals surface area contributed by atoms with Crippen molar-refractivity contribution in [1.29, 1.82) is 0 Å². The lowest BCUT2D eigenvalue weighted by Crippen LogP contribution is -2.36. The molecule has 22 heavy (non-hydrogen) atoms. The van der Waals surface area contributed by atoms with Crippen molar-refractivity contribution in [2.45, 2.75) is 51.9 Å². The Balaban J connectivity index is 4.19. The number of carbonyl (C=O) groups excluding carboxylic acids is 2. The molecule has 0 saturated carbocycles. The van der Waals surface area contributed by atoms with Crippen molar-refractivity contribution in [1.82, 2.24) is 0 Å². The number of aliphatic hydroxyl groups is 1. The van der Waals surface area contributed by atoms with Gasteiger partial charge in [-0.05, 0) is 20.3 Å². The van der Waals surface area contributed by atoms with Crippen LogP contribution in [0.2, 0.25) is 0 Å². The van der Waals surface area contributed by atoms with Crippen molar-refractivity contribution in [3.05, 3.63) is 12.7 Å². The predicted molar refractivity (Wildman–Crippen MR) is 79.2 cm³/mol. The van der Waals surface area contributed by atoms with Gasteiger partial charge in [0.2, 0.25) is 0 Å². The van der Waals surface area contributed by atoms with E-state index in [0.29, 0.717) is 13.0 Å². The lowest BCUT2D eigenvalue weighted by atomic mass is 10.1. The van der Waals surface area contributed by atoms with Crippen LogP contribution in [0.1, 0.15) is 40.0 Å². The van der Waals surface area contributed by atoms with Gasteiger partial charge in [0.1, 0.15) is 13.2 Å². The number of carbonyl (C=O) groups is 2. The maximum atomic E-state index is 11.3. The highest BCUT2D eigenvalue weighted by atomic mass is 16.7. The Morgan fingerprint density at radius 3 is 2.50 bits per heavy atom. The number of hydrogen-bond acceptors (Lipinski definition) is 7. The second-order valence-electron chi connectivity index (χ2n) is 4.79. The van der Waals surface area contributed by atoms with Crippen molar-refractivity contribution in [2.75, 3.05) is 19.8 Å². The van der Waals surface area contributed by atoms with Crippen LogP contribution in [0.3, 0.4) is 0 Å². The Hall–Kier alpha value is -1.60. The minimum atomic E-state index is -1.51. The molecule has 0 spiro atoms. The van der Waals surface area contributed by atoms with Crippen molar-refractivity contribution in [2.24, 2.45) is 0 Å². The third-order valence-corrected chi connectivity index (χ3v) is 2.68. The highest BCUT2D eigenvalue weighted by molar-refractivity contribution is 5.69. The van der Waals surface area contributed by atoms with Gasteiger partial charge in [-0.3, -0.25) is 4.79 Å². The van der Waals surface area contributed by atoms with Crippen LogP contribution in [0, 0.1) is 0 Å². The molecule has 0 aromatic rings. The van der Waals surface area contributed by atoms with E-state index in [1.54, 1.807) is 6.92 Å². The van der Waals surface area contributed by atoms with Gasteiger partial charge in [0.25, 0.3) is 0 Å². The average molecular weight is 318 g/mol. The zero-order valence-electron chi connectivity index (χ0n) is 13.5. The van der Waals surface area contributed by atoms with E-state index in [1.165, 1.54) is 13.0 Å². The Kier molecular flexibility index (Phi) is 10.2. The second-order valence-corrected chi connectivity index (χ2v) is 4.79. The van der Waals surface area contributed by atoms with Gasteiger partial charge in [0.05, 0.1) is 19.1 Å². The zero-order valence-corrected chi connectivity index (χ0v) is 13.5. The molecule has 0 aliphatic heterocycles. The van der Waals surface area contributed by atoms with Gasteiger partial charge in [-0.2, -0.15) is 0 Å². The molecule has 0 saturated heterocycles. The van der Waals surface area contributed by atoms with Crippen LogP contribution in [0.4, 0.5) is 4.79 Å². The summed E-state index contributed by atoms with van der Waals surface area (Å²) in [4.78, 5) is 22.5. The first-order valence-corrected chi connectivity index (χ1v) is 7.30. The van der Waals surface area contributed by atoms with Crippen LogP contribution in [0.15, 0.2) is 12.7 Å². The first-order chi connectivity index (χ1) is 10.3. The minimum Gasteiger partial charge on any atom is -0.466 e. The van der Waals surface area contributed by atoms with E-state index >= 15 is 0 Å². The van der Waals surface area contributed by atoms with Crippen molar-refractivity contribution < 1.29 is 33.6 Å². The van der Waals surface area contributed by atoms with Crippen molar-refractivity contribution in [3.63, 3.8) is 0 Å². The second kappa shape index (κ2) is 11.0. The molecule has 1 N–H and O–H groups in total. The topological polar surface area (TPSA) is 91.3 Å². The summed E-state index contributed by atoms with van der Waals surface area (Å²) in [5, 5.41) is 10.1. The van der Waals surface area contributed by atoms with Gasteiger partial charge in [0.15, 0.2) is 5.79 Å². The molecular weight excluding hydrogens is 292 g/mol. The van der Waals surface area contributed by atoms with E-state index in [2.05, 4.69) is 11.3 Å². The summed E-state index contributed by atoms with van der Waals surface area (Å²) < 4.78 is 19.8. The normalized spacial score (nSPS) is 14.5. The summed E-state index contributed by atoms with van der Waals surface area (Å²) in [6, 6.07) is 0. The van der Waals surface area contributed by atoms with Gasteiger partial charge >= 0.3 is 12.1 Å². The van der Waals surface area contributed by atoms with Crippen LogP contribution in [0.25, 0.3) is 0 Å². The minimum absolute atomic E-state index is 0.0412. The van der Waals surface area contributed by atoms with E-state index in [9.17, 15) is 14.7 Å². The molecule has 0 aliphatic rings. The molecule has 0 heterocycles. The fraction of sp³-hybridized carbons (Fsp3) is 0.733. The molecular formula is C15H26O7. The predicted octanol–water partition coefficient (Wildman–Crippen LogP) is 2.17. The fourth-order valence-electron chi connectivity index (χ4n) is 1.55. The quantitative estimate of drug-likeness (QED) is 0.354. The molecule has 7 nitrogen and oxygen atoms in total. The van der Waals surface area contributed by atoms with Crippen LogP contribution < -0.4 is 0 Å². The van der Waals surface area contributed by atoms with Crippen LogP contribution >= 0.6 is 0 Å². The molecule has 7 heteroatoms. The molecule has 0 aromatic carbocycles. The van der Waals surface area contributed by atoms with E-state index in [1.807, 2.05) is 6.92 Å². The summed E-state index contributed by atoms with van der Waals surface area (Å²) in [6.45, 7) is 8.70. The average Bonchev–Trinajstić information content (AvgIpc) is 2.47. The standard InChI is InChI=1S/C15H26O7/c1-5-10-20-14(17)21-11-12(6-2)22-15(4,18)9-8-13(16)19-7-3/h5,12,18H,1,6-11H2,2-4H3. The molecule has 0 bridgehead atoms. The first kappa shape index (κ1) is 20.4. The molecule has 0 rings (SSSR count). The summed E-state index contributed by atoms with van der Waals surface area (Å²) in [5.74, 6) is -1.91. The van der Waals surface area contributed by atoms with E-state index in [0.717, 1.165) is 0 Å². The number of rotatable bonds is 11. The van der Waals surface area contributed by atoms with Crippen LogP contribution in [0.5, 0.6) is 0 Å². The fourth-order valence-corrected chi connectivity index (χ4v) is 1.55. The lowest BCUT2D eigenvalue weighted by Gasteiger charge is -2.28. The number of esters is 1. The molecule has 0 fully saturated rings. The zero-order chi connectivity index (χ0) is 17.0. The number of ether oxygens (including phenoxy) is 4. The number of hydrogen-bond donors (Lipinski definition) is 1. The monoisotopic (exact) mass is 318 g/mol. The smallest absolute Gasteiger partial charge is 0.466 e. The van der Waals surface area contributed by atoms with Gasteiger partial charge in [0, 0.05) is 6.42 Å². The highest BCUT2D eigenvalue weighted by Crippen LogP contribution is 2.18. The Bertz CT molecular complexity index is 352. The summed E-state index contributed by atoms with van der Waals surface area (Å²) in [5.41, 5.74) is 0. The molecule has 0 aromatic heterocycles. The van der Waals surface area contributed by atoms with Gasteiger partial charge in [-0.25, -0.2) is 4.79 Å². The van der Waals surface area contributed by atoms with Crippen molar-refractivity contribution >= 4 is 12.1 Å². The Morgan fingerprint density at radius 1 is 1.27 bits per heavy atom. The van der Waals surface area contributed by atoms with E-state index in [4.69, 9.17) is 14.2 Å².